The van der Waals surface area contributed by atoms with Crippen LogP contribution in [0.3, 0.4) is 0 Å². The lowest BCUT2D eigenvalue weighted by molar-refractivity contribution is 0.129. The summed E-state index contributed by atoms with van der Waals surface area (Å²) < 4.78 is 1.58. The van der Waals surface area contributed by atoms with Gasteiger partial charge in [0.1, 0.15) is 5.82 Å². The number of piperazine rings is 1. The lowest BCUT2D eigenvalue weighted by Crippen LogP contribution is -2.46. The predicted octanol–water partition coefficient (Wildman–Crippen LogP) is 3.83. The van der Waals surface area contributed by atoms with Crippen LogP contribution in [0.15, 0.2) is 47.3 Å². The van der Waals surface area contributed by atoms with Crippen molar-refractivity contribution in [2.45, 2.75) is 13.5 Å². The summed E-state index contributed by atoms with van der Waals surface area (Å²) in [5, 5.41) is 1.42. The maximum absolute atomic E-state index is 13.4. The Labute approximate surface area is 174 Å². The monoisotopic (exact) mass is 416 g/mol. The Morgan fingerprint density at radius 2 is 1.57 bits per heavy atom. The Morgan fingerprint density at radius 1 is 0.929 bits per heavy atom. The molecule has 0 unspecified atom stereocenters. The summed E-state index contributed by atoms with van der Waals surface area (Å²) in [6, 6.07) is 12.7. The van der Waals surface area contributed by atoms with Gasteiger partial charge in [-0.05, 0) is 30.8 Å². The van der Waals surface area contributed by atoms with E-state index in [-0.39, 0.29) is 5.56 Å². The van der Waals surface area contributed by atoms with Gasteiger partial charge in [0.2, 0.25) is 0 Å². The van der Waals surface area contributed by atoms with Crippen LogP contribution in [-0.2, 0) is 6.54 Å². The zero-order valence-electron chi connectivity index (χ0n) is 15.7. The minimum absolute atomic E-state index is 0.150. The zero-order valence-corrected chi connectivity index (χ0v) is 17.2. The molecule has 0 radical (unpaired) electrons. The van der Waals surface area contributed by atoms with Crippen molar-refractivity contribution in [3.05, 3.63) is 68.7 Å². The minimum atomic E-state index is -0.150. The van der Waals surface area contributed by atoms with Crippen molar-refractivity contribution in [1.29, 1.82) is 0 Å². The highest BCUT2D eigenvalue weighted by Crippen LogP contribution is 2.29. The molecule has 4 rings (SSSR count). The Bertz CT molecular complexity index is 1040. The molecule has 0 N–H and O–H groups in total. The first-order valence-electron chi connectivity index (χ1n) is 9.48. The largest absolute Gasteiger partial charge is 0.301 e. The smallest absolute Gasteiger partial charge is 0.266 e. The molecule has 0 atom stereocenters. The molecule has 0 spiro atoms. The molecule has 0 amide bonds. The molecule has 3 aromatic rings. The first kappa shape index (κ1) is 19.4. The van der Waals surface area contributed by atoms with Gasteiger partial charge in [-0.25, -0.2) is 4.98 Å². The summed E-state index contributed by atoms with van der Waals surface area (Å²) in [7, 11) is 0. The van der Waals surface area contributed by atoms with Gasteiger partial charge in [0, 0.05) is 26.2 Å². The molecule has 146 valence electrons. The van der Waals surface area contributed by atoms with Gasteiger partial charge in [0.25, 0.3) is 5.56 Å². The third-order valence-electron chi connectivity index (χ3n) is 5.28. The number of hydrogen-bond donors (Lipinski definition) is 0. The van der Waals surface area contributed by atoms with E-state index in [1.807, 2.05) is 18.2 Å². The molecular formula is C21H22Cl2N4O. The standard InChI is InChI=1S/C21H22Cl2N4O/c1-2-25-10-12-26(13-11-25)14-19-24-18-9-4-3-6-15(18)21(28)27(19)20-16(22)7-5-8-17(20)23/h3-9H,2,10-14H2,1H3. The summed E-state index contributed by atoms with van der Waals surface area (Å²) in [6.45, 7) is 7.71. The van der Waals surface area contributed by atoms with Crippen LogP contribution < -0.4 is 5.56 Å². The van der Waals surface area contributed by atoms with Crippen molar-refractivity contribution in [3.8, 4) is 5.69 Å². The predicted molar refractivity (Wildman–Crippen MR) is 115 cm³/mol. The van der Waals surface area contributed by atoms with Crippen molar-refractivity contribution in [2.75, 3.05) is 32.7 Å². The highest BCUT2D eigenvalue weighted by atomic mass is 35.5. The fourth-order valence-corrected chi connectivity index (χ4v) is 4.25. The number of aromatic nitrogens is 2. The third-order valence-corrected chi connectivity index (χ3v) is 5.89. The van der Waals surface area contributed by atoms with Crippen molar-refractivity contribution in [1.82, 2.24) is 19.4 Å². The van der Waals surface area contributed by atoms with Crippen molar-refractivity contribution < 1.29 is 0 Å². The van der Waals surface area contributed by atoms with Crippen molar-refractivity contribution in [2.24, 2.45) is 0 Å². The molecule has 1 saturated heterocycles. The summed E-state index contributed by atoms with van der Waals surface area (Å²) >= 11 is 12.9. The van der Waals surface area contributed by atoms with Gasteiger partial charge < -0.3 is 4.90 Å². The molecule has 1 aromatic heterocycles. The van der Waals surface area contributed by atoms with E-state index in [1.54, 1.807) is 28.8 Å². The van der Waals surface area contributed by atoms with Crippen LogP contribution in [0.25, 0.3) is 16.6 Å². The van der Waals surface area contributed by atoms with Crippen LogP contribution in [0.1, 0.15) is 12.7 Å². The molecule has 2 heterocycles. The molecule has 5 nitrogen and oxygen atoms in total. The first-order valence-corrected chi connectivity index (χ1v) is 10.2. The van der Waals surface area contributed by atoms with E-state index in [1.165, 1.54) is 0 Å². The van der Waals surface area contributed by atoms with E-state index >= 15 is 0 Å². The van der Waals surface area contributed by atoms with Gasteiger partial charge in [-0.1, -0.05) is 48.3 Å². The van der Waals surface area contributed by atoms with Crippen molar-refractivity contribution >= 4 is 34.1 Å². The molecule has 2 aromatic carbocycles. The number of benzene rings is 2. The van der Waals surface area contributed by atoms with E-state index in [2.05, 4.69) is 16.7 Å². The average molecular weight is 417 g/mol. The highest BCUT2D eigenvalue weighted by molar-refractivity contribution is 6.37. The first-order chi connectivity index (χ1) is 13.6. The molecule has 1 aliphatic rings. The number of rotatable bonds is 4. The normalized spacial score (nSPS) is 16.0. The maximum atomic E-state index is 13.4. The van der Waals surface area contributed by atoms with Gasteiger partial charge in [-0.15, -0.1) is 0 Å². The van der Waals surface area contributed by atoms with Crippen LogP contribution in [0.2, 0.25) is 10.0 Å². The molecule has 1 aliphatic heterocycles. The van der Waals surface area contributed by atoms with Crippen LogP contribution in [0.4, 0.5) is 0 Å². The topological polar surface area (TPSA) is 41.4 Å². The second-order valence-corrected chi connectivity index (χ2v) is 7.78. The average Bonchev–Trinajstić information content (AvgIpc) is 2.70. The van der Waals surface area contributed by atoms with Crippen LogP contribution in [0, 0.1) is 0 Å². The third kappa shape index (κ3) is 3.67. The molecule has 0 saturated carbocycles. The van der Waals surface area contributed by atoms with Gasteiger partial charge in [-0.2, -0.15) is 0 Å². The summed E-state index contributed by atoms with van der Waals surface area (Å²) in [4.78, 5) is 22.9. The van der Waals surface area contributed by atoms with Crippen LogP contribution >= 0.6 is 23.2 Å². The second-order valence-electron chi connectivity index (χ2n) is 6.97. The Balaban J connectivity index is 1.84. The van der Waals surface area contributed by atoms with E-state index in [4.69, 9.17) is 28.2 Å². The van der Waals surface area contributed by atoms with Gasteiger partial charge in [0.05, 0.1) is 33.2 Å². The highest BCUT2D eigenvalue weighted by Gasteiger charge is 2.21. The zero-order chi connectivity index (χ0) is 19.7. The molecular weight excluding hydrogens is 395 g/mol. The SMILES string of the molecule is CCN1CCN(Cc2nc3ccccc3c(=O)n2-c2c(Cl)cccc2Cl)CC1. The quantitative estimate of drug-likeness (QED) is 0.647. The Hall–Kier alpha value is -1.92. The minimum Gasteiger partial charge on any atom is -0.301 e. The van der Waals surface area contributed by atoms with Gasteiger partial charge in [0.15, 0.2) is 0 Å². The summed E-state index contributed by atoms with van der Waals surface area (Å²) in [6.07, 6.45) is 0. The molecule has 28 heavy (non-hydrogen) atoms. The number of para-hydroxylation sites is 2. The number of hydrogen-bond acceptors (Lipinski definition) is 4. The van der Waals surface area contributed by atoms with E-state index < -0.39 is 0 Å². The van der Waals surface area contributed by atoms with E-state index in [0.717, 1.165) is 32.7 Å². The summed E-state index contributed by atoms with van der Waals surface area (Å²) in [5.74, 6) is 0.656. The van der Waals surface area contributed by atoms with E-state index in [9.17, 15) is 4.79 Å². The summed E-state index contributed by atoms with van der Waals surface area (Å²) in [5.41, 5.74) is 1.04. The number of halogens is 2. The second kappa shape index (κ2) is 8.21. The molecule has 0 bridgehead atoms. The molecule has 0 aliphatic carbocycles. The van der Waals surface area contributed by atoms with Crippen LogP contribution in [0.5, 0.6) is 0 Å². The van der Waals surface area contributed by atoms with Gasteiger partial charge in [-0.3, -0.25) is 14.3 Å². The van der Waals surface area contributed by atoms with Crippen molar-refractivity contribution in [3.63, 3.8) is 0 Å². The Morgan fingerprint density at radius 3 is 2.25 bits per heavy atom. The molecule has 1 fully saturated rings. The fourth-order valence-electron chi connectivity index (χ4n) is 3.68. The number of likely N-dealkylation sites (N-methyl/N-ethyl adjacent to an activating group) is 1. The van der Waals surface area contributed by atoms with Gasteiger partial charge >= 0.3 is 0 Å². The van der Waals surface area contributed by atoms with Crippen LogP contribution in [-0.4, -0.2) is 52.1 Å². The lowest BCUT2D eigenvalue weighted by atomic mass is 10.2. The van der Waals surface area contributed by atoms with E-state index in [0.29, 0.717) is 39.0 Å². The Kier molecular flexibility index (Phi) is 5.69. The molecule has 7 heteroatoms. The number of fused-ring (bicyclic) bond motifs is 1. The lowest BCUT2D eigenvalue weighted by Gasteiger charge is -2.34. The fraction of sp³-hybridized carbons (Fsp3) is 0.333. The maximum Gasteiger partial charge on any atom is 0.266 e. The number of nitrogens with zero attached hydrogens (tertiary/aromatic N) is 4.